The van der Waals surface area contributed by atoms with Crippen molar-refractivity contribution in [2.45, 2.75) is 12.5 Å². The Balaban J connectivity index is 1.71. The maximum atomic E-state index is 12.8. The average Bonchev–Trinajstić information content (AvgIpc) is 3.28. The molecule has 1 saturated carbocycles. The molecule has 1 N–H and O–H groups in total. The highest BCUT2D eigenvalue weighted by Gasteiger charge is 2.75. The van der Waals surface area contributed by atoms with Gasteiger partial charge >= 0.3 is 0 Å². The van der Waals surface area contributed by atoms with Crippen LogP contribution >= 0.6 is 0 Å². The summed E-state index contributed by atoms with van der Waals surface area (Å²) in [6, 6.07) is 18.0. The number of fused-ring (bicyclic) bond motifs is 1. The van der Waals surface area contributed by atoms with Crippen LogP contribution < -0.4 is 4.90 Å². The third-order valence-electron chi connectivity index (χ3n) is 4.74. The minimum atomic E-state index is -0.978. The smallest absolute Gasteiger partial charge is 0.243 e. The fraction of sp³-hybridized carbons (Fsp3) is 0.222. The summed E-state index contributed by atoms with van der Waals surface area (Å²) in [5, 5.41) is 10.7. The SMILES string of the molecule is O=C1[C@@H]2C[C@]2(C(O)c2ccccc2)C(=O)N1c1ccccc1. The van der Waals surface area contributed by atoms with E-state index in [4.69, 9.17) is 0 Å². The molecular weight excluding hydrogens is 278 g/mol. The first-order valence-electron chi connectivity index (χ1n) is 7.33. The molecule has 2 aromatic rings. The van der Waals surface area contributed by atoms with Gasteiger partial charge in [0.2, 0.25) is 11.8 Å². The molecular formula is C18H15NO3. The quantitative estimate of drug-likeness (QED) is 0.883. The van der Waals surface area contributed by atoms with Gasteiger partial charge in [0.15, 0.2) is 0 Å². The first-order chi connectivity index (χ1) is 10.7. The summed E-state index contributed by atoms with van der Waals surface area (Å²) in [6.45, 7) is 0. The minimum Gasteiger partial charge on any atom is -0.387 e. The molecule has 0 radical (unpaired) electrons. The van der Waals surface area contributed by atoms with E-state index in [-0.39, 0.29) is 11.8 Å². The molecule has 4 heteroatoms. The van der Waals surface area contributed by atoms with E-state index >= 15 is 0 Å². The number of benzene rings is 2. The maximum Gasteiger partial charge on any atom is 0.243 e. The van der Waals surface area contributed by atoms with Crippen LogP contribution in [0.1, 0.15) is 18.1 Å². The predicted octanol–water partition coefficient (Wildman–Crippen LogP) is 2.30. The van der Waals surface area contributed by atoms with Crippen LogP contribution in [0.25, 0.3) is 0 Å². The van der Waals surface area contributed by atoms with Gasteiger partial charge in [0, 0.05) is 0 Å². The molecule has 1 heterocycles. The van der Waals surface area contributed by atoms with Crippen LogP contribution in [-0.4, -0.2) is 16.9 Å². The van der Waals surface area contributed by atoms with Gasteiger partial charge in [0.05, 0.1) is 23.1 Å². The zero-order chi connectivity index (χ0) is 15.3. The van der Waals surface area contributed by atoms with E-state index in [1.807, 2.05) is 24.3 Å². The van der Waals surface area contributed by atoms with Gasteiger partial charge in [-0.05, 0) is 24.1 Å². The van der Waals surface area contributed by atoms with E-state index in [0.29, 0.717) is 17.7 Å². The molecule has 2 amide bonds. The molecule has 110 valence electrons. The van der Waals surface area contributed by atoms with Crippen molar-refractivity contribution >= 4 is 17.5 Å². The van der Waals surface area contributed by atoms with Gasteiger partial charge in [-0.2, -0.15) is 0 Å². The fourth-order valence-electron chi connectivity index (χ4n) is 3.46. The van der Waals surface area contributed by atoms with Gasteiger partial charge in [0.25, 0.3) is 0 Å². The van der Waals surface area contributed by atoms with Crippen molar-refractivity contribution in [1.82, 2.24) is 0 Å². The molecule has 1 saturated heterocycles. The lowest BCUT2D eigenvalue weighted by Gasteiger charge is -2.23. The number of carbonyl (C=O) groups is 2. The molecule has 0 bridgehead atoms. The third-order valence-corrected chi connectivity index (χ3v) is 4.74. The van der Waals surface area contributed by atoms with Crippen LogP contribution in [0.3, 0.4) is 0 Å². The van der Waals surface area contributed by atoms with Crippen LogP contribution in [0, 0.1) is 11.3 Å². The zero-order valence-electron chi connectivity index (χ0n) is 11.8. The summed E-state index contributed by atoms with van der Waals surface area (Å²) in [5.41, 5.74) is 0.277. The number of hydrogen-bond donors (Lipinski definition) is 1. The minimum absolute atomic E-state index is 0.203. The molecule has 2 aromatic carbocycles. The molecule has 3 atom stereocenters. The van der Waals surface area contributed by atoms with E-state index in [0.717, 1.165) is 0 Å². The first-order valence-corrected chi connectivity index (χ1v) is 7.33. The molecule has 0 spiro atoms. The summed E-state index contributed by atoms with van der Waals surface area (Å²) < 4.78 is 0. The number of rotatable bonds is 3. The number of anilines is 1. The number of hydrogen-bond acceptors (Lipinski definition) is 3. The van der Waals surface area contributed by atoms with Crippen LogP contribution in [0.2, 0.25) is 0 Å². The number of carbonyl (C=O) groups excluding carboxylic acids is 2. The van der Waals surface area contributed by atoms with Crippen molar-refractivity contribution in [2.75, 3.05) is 4.90 Å². The predicted molar refractivity (Wildman–Crippen MR) is 80.9 cm³/mol. The third kappa shape index (κ3) is 1.61. The molecule has 1 aliphatic carbocycles. The summed E-state index contributed by atoms with van der Waals surface area (Å²) in [6.07, 6.45) is -0.506. The largest absolute Gasteiger partial charge is 0.387 e. The van der Waals surface area contributed by atoms with E-state index < -0.39 is 17.4 Å². The Kier molecular flexibility index (Phi) is 2.71. The van der Waals surface area contributed by atoms with Crippen LogP contribution in [-0.2, 0) is 9.59 Å². The Morgan fingerprint density at radius 2 is 1.59 bits per heavy atom. The highest BCUT2D eigenvalue weighted by atomic mass is 16.3. The maximum absolute atomic E-state index is 12.8. The van der Waals surface area contributed by atoms with E-state index in [1.165, 1.54) is 4.90 Å². The van der Waals surface area contributed by atoms with Crippen molar-refractivity contribution < 1.29 is 14.7 Å². The molecule has 2 aliphatic rings. The van der Waals surface area contributed by atoms with Gasteiger partial charge < -0.3 is 5.11 Å². The Hall–Kier alpha value is -2.46. The van der Waals surface area contributed by atoms with Gasteiger partial charge in [-0.1, -0.05) is 48.5 Å². The standard InChI is InChI=1S/C18H15NO3/c20-15(12-7-3-1-4-8-12)18-11-14(18)16(21)19(17(18)22)13-9-5-2-6-10-13/h1-10,14-15,20H,11H2/t14-,15?,18-/m0/s1. The normalized spacial score (nSPS) is 27.7. The lowest BCUT2D eigenvalue weighted by molar-refractivity contribution is -0.127. The molecule has 0 aromatic heterocycles. The van der Waals surface area contributed by atoms with Crippen molar-refractivity contribution in [2.24, 2.45) is 11.3 Å². The Morgan fingerprint density at radius 3 is 2.23 bits per heavy atom. The number of piperidine rings is 1. The number of nitrogens with zero attached hydrogens (tertiary/aromatic N) is 1. The second kappa shape index (κ2) is 4.52. The van der Waals surface area contributed by atoms with E-state index in [2.05, 4.69) is 0 Å². The Labute approximate surface area is 128 Å². The highest BCUT2D eigenvalue weighted by molar-refractivity contribution is 6.27. The molecule has 1 aliphatic heterocycles. The lowest BCUT2D eigenvalue weighted by Crippen LogP contribution is -2.36. The van der Waals surface area contributed by atoms with E-state index in [9.17, 15) is 14.7 Å². The fourth-order valence-corrected chi connectivity index (χ4v) is 3.46. The van der Waals surface area contributed by atoms with Gasteiger partial charge in [-0.25, -0.2) is 4.90 Å². The molecule has 1 unspecified atom stereocenters. The Bertz CT molecular complexity index is 743. The molecule has 4 rings (SSSR count). The number of aliphatic hydroxyl groups excluding tert-OH is 1. The van der Waals surface area contributed by atoms with Crippen LogP contribution in [0.15, 0.2) is 60.7 Å². The molecule has 2 fully saturated rings. The zero-order valence-corrected chi connectivity index (χ0v) is 11.8. The first kappa shape index (κ1) is 13.2. The van der Waals surface area contributed by atoms with Crippen molar-refractivity contribution in [1.29, 1.82) is 0 Å². The van der Waals surface area contributed by atoms with Crippen molar-refractivity contribution in [3.63, 3.8) is 0 Å². The number of amides is 2. The van der Waals surface area contributed by atoms with Crippen LogP contribution in [0.4, 0.5) is 5.69 Å². The molecule has 4 nitrogen and oxygen atoms in total. The van der Waals surface area contributed by atoms with Crippen molar-refractivity contribution in [3.8, 4) is 0 Å². The summed E-state index contributed by atoms with van der Waals surface area (Å²) in [4.78, 5) is 26.6. The van der Waals surface area contributed by atoms with Crippen LogP contribution in [0.5, 0.6) is 0 Å². The highest BCUT2D eigenvalue weighted by Crippen LogP contribution is 2.66. The second-order valence-electron chi connectivity index (χ2n) is 5.92. The summed E-state index contributed by atoms with van der Waals surface area (Å²) >= 11 is 0. The van der Waals surface area contributed by atoms with Gasteiger partial charge in [-0.15, -0.1) is 0 Å². The van der Waals surface area contributed by atoms with E-state index in [1.54, 1.807) is 36.4 Å². The molecule has 22 heavy (non-hydrogen) atoms. The van der Waals surface area contributed by atoms with Gasteiger partial charge in [-0.3, -0.25) is 9.59 Å². The number of aliphatic hydroxyl groups is 1. The topological polar surface area (TPSA) is 57.6 Å². The monoisotopic (exact) mass is 293 g/mol. The number of imide groups is 1. The average molecular weight is 293 g/mol. The van der Waals surface area contributed by atoms with Gasteiger partial charge in [0.1, 0.15) is 0 Å². The summed E-state index contributed by atoms with van der Waals surface area (Å²) in [5.74, 6) is -0.897. The van der Waals surface area contributed by atoms with Crippen molar-refractivity contribution in [3.05, 3.63) is 66.2 Å². The Morgan fingerprint density at radius 1 is 1.00 bits per heavy atom. The summed E-state index contributed by atoms with van der Waals surface area (Å²) in [7, 11) is 0. The lowest BCUT2D eigenvalue weighted by atomic mass is 9.91. The number of para-hydroxylation sites is 1. The second-order valence-corrected chi connectivity index (χ2v) is 5.92.